The number of Topliss-reactive ketones (excluding diaryl/α,β-unsaturated/α-hetero) is 1. The molecule has 1 aliphatic rings. The smallest absolute Gasteiger partial charge is 0.301 e. The lowest BCUT2D eigenvalue weighted by Crippen LogP contribution is -2.29. The topological polar surface area (TPSA) is 98.2 Å². The molecule has 0 aliphatic carbocycles. The van der Waals surface area contributed by atoms with Crippen molar-refractivity contribution in [3.63, 3.8) is 0 Å². The number of aromatic nitrogens is 1. The first kappa shape index (κ1) is 24.3. The zero-order valence-electron chi connectivity index (χ0n) is 20.6. The van der Waals surface area contributed by atoms with E-state index in [1.807, 2.05) is 13.0 Å². The molecule has 8 nitrogen and oxygen atoms in total. The number of carbonyl (C=O) groups excluding carboxylic acids is 2. The maximum atomic E-state index is 13.5. The zero-order valence-corrected chi connectivity index (χ0v) is 21.5. The Morgan fingerprint density at radius 3 is 2.41 bits per heavy atom. The first-order valence-electron chi connectivity index (χ1n) is 11.4. The molecule has 1 fully saturated rings. The number of ether oxygens (including phenoxy) is 3. The molecule has 0 saturated carbocycles. The minimum absolute atomic E-state index is 0.0281. The highest BCUT2D eigenvalue weighted by molar-refractivity contribution is 7.22. The predicted molar refractivity (Wildman–Crippen MR) is 142 cm³/mol. The van der Waals surface area contributed by atoms with Gasteiger partial charge in [0.1, 0.15) is 23.0 Å². The molecule has 2 heterocycles. The number of rotatable bonds is 6. The second-order valence-corrected chi connectivity index (χ2v) is 9.47. The summed E-state index contributed by atoms with van der Waals surface area (Å²) < 4.78 is 16.8. The van der Waals surface area contributed by atoms with Crippen LogP contribution < -0.4 is 19.1 Å². The molecule has 1 N–H and O–H groups in total. The van der Waals surface area contributed by atoms with Crippen molar-refractivity contribution >= 4 is 44.1 Å². The number of benzene rings is 3. The number of amides is 1. The van der Waals surface area contributed by atoms with Gasteiger partial charge < -0.3 is 19.3 Å². The van der Waals surface area contributed by atoms with E-state index in [9.17, 15) is 14.7 Å². The fraction of sp³-hybridized carbons (Fsp3) is 0.179. The summed E-state index contributed by atoms with van der Waals surface area (Å²) in [7, 11) is 4.67. The third kappa shape index (κ3) is 4.17. The highest BCUT2D eigenvalue weighted by Crippen LogP contribution is 2.45. The molecule has 188 valence electrons. The quantitative estimate of drug-likeness (QED) is 0.212. The third-order valence-corrected chi connectivity index (χ3v) is 7.33. The van der Waals surface area contributed by atoms with Gasteiger partial charge in [-0.15, -0.1) is 0 Å². The lowest BCUT2D eigenvalue weighted by Gasteiger charge is -2.23. The van der Waals surface area contributed by atoms with Crippen LogP contribution in [0, 0.1) is 6.92 Å². The van der Waals surface area contributed by atoms with Gasteiger partial charge in [0.05, 0.1) is 43.2 Å². The SMILES string of the molecule is COc1cccc([C@H]2C(=C(O)c3ccc(OC)c(C)c3)C(=O)C(=O)N2c2nc3ccc(OC)cc3s2)c1. The number of anilines is 1. The Morgan fingerprint density at radius 2 is 1.70 bits per heavy atom. The van der Waals surface area contributed by atoms with Gasteiger partial charge in [-0.2, -0.15) is 0 Å². The minimum Gasteiger partial charge on any atom is -0.507 e. The van der Waals surface area contributed by atoms with Crippen LogP contribution in [0.15, 0.2) is 66.2 Å². The molecule has 1 saturated heterocycles. The third-order valence-electron chi connectivity index (χ3n) is 6.31. The van der Waals surface area contributed by atoms with Crippen molar-refractivity contribution in [1.82, 2.24) is 4.98 Å². The summed E-state index contributed by atoms with van der Waals surface area (Å²) in [6.45, 7) is 1.84. The summed E-state index contributed by atoms with van der Waals surface area (Å²) >= 11 is 1.26. The average Bonchev–Trinajstić information content (AvgIpc) is 3.45. The normalized spacial score (nSPS) is 16.9. The summed E-state index contributed by atoms with van der Waals surface area (Å²) in [4.78, 5) is 32.9. The molecule has 1 aliphatic heterocycles. The van der Waals surface area contributed by atoms with Crippen molar-refractivity contribution < 1.29 is 28.9 Å². The van der Waals surface area contributed by atoms with Crippen LogP contribution in [0.5, 0.6) is 17.2 Å². The van der Waals surface area contributed by atoms with Gasteiger partial charge in [0.2, 0.25) is 0 Å². The zero-order chi connectivity index (χ0) is 26.3. The number of aryl methyl sites for hydroxylation is 1. The highest BCUT2D eigenvalue weighted by Gasteiger charge is 2.48. The van der Waals surface area contributed by atoms with Crippen LogP contribution in [0.25, 0.3) is 16.0 Å². The molecule has 1 aromatic heterocycles. The van der Waals surface area contributed by atoms with Crippen molar-refractivity contribution in [2.75, 3.05) is 26.2 Å². The molecule has 37 heavy (non-hydrogen) atoms. The monoisotopic (exact) mass is 516 g/mol. The molecule has 0 radical (unpaired) electrons. The van der Waals surface area contributed by atoms with E-state index in [-0.39, 0.29) is 11.3 Å². The van der Waals surface area contributed by atoms with Crippen LogP contribution in [-0.4, -0.2) is 43.1 Å². The van der Waals surface area contributed by atoms with Gasteiger partial charge in [-0.3, -0.25) is 14.5 Å². The van der Waals surface area contributed by atoms with Crippen LogP contribution >= 0.6 is 11.3 Å². The van der Waals surface area contributed by atoms with Gasteiger partial charge in [0, 0.05) is 5.56 Å². The number of ketones is 1. The van der Waals surface area contributed by atoms with Gasteiger partial charge in [0.25, 0.3) is 5.78 Å². The molecule has 0 bridgehead atoms. The van der Waals surface area contributed by atoms with Crippen LogP contribution in [-0.2, 0) is 9.59 Å². The lowest BCUT2D eigenvalue weighted by atomic mass is 9.94. The van der Waals surface area contributed by atoms with E-state index >= 15 is 0 Å². The van der Waals surface area contributed by atoms with E-state index in [2.05, 4.69) is 4.98 Å². The largest absolute Gasteiger partial charge is 0.507 e. The molecule has 3 aromatic carbocycles. The summed E-state index contributed by atoms with van der Waals surface area (Å²) in [5.41, 5.74) is 2.41. The average molecular weight is 517 g/mol. The van der Waals surface area contributed by atoms with Crippen molar-refractivity contribution in [3.05, 3.63) is 82.9 Å². The number of aliphatic hydroxyl groups excluding tert-OH is 1. The van der Waals surface area contributed by atoms with Gasteiger partial charge >= 0.3 is 5.91 Å². The van der Waals surface area contributed by atoms with Crippen molar-refractivity contribution in [2.24, 2.45) is 0 Å². The fourth-order valence-electron chi connectivity index (χ4n) is 4.46. The van der Waals surface area contributed by atoms with Gasteiger partial charge in [-0.1, -0.05) is 23.5 Å². The van der Waals surface area contributed by atoms with Gasteiger partial charge in [0.15, 0.2) is 5.13 Å². The standard InChI is InChI=1S/C28H24N2O6S/c1-15-12-17(8-11-21(15)36-4)25(31)23-24(16-6-5-7-18(13-16)34-2)30(27(33)26(23)32)28-29-20-10-9-19(35-3)14-22(20)37-28/h5-14,24,31H,1-4H3/t24-/m0/s1. The molecule has 1 atom stereocenters. The summed E-state index contributed by atoms with van der Waals surface area (Å²) in [6, 6.07) is 16.6. The number of aliphatic hydroxyl groups is 1. The number of hydrogen-bond donors (Lipinski definition) is 1. The highest BCUT2D eigenvalue weighted by atomic mass is 32.1. The lowest BCUT2D eigenvalue weighted by molar-refractivity contribution is -0.132. The van der Waals surface area contributed by atoms with E-state index in [1.54, 1.807) is 68.8 Å². The molecule has 9 heteroatoms. The second kappa shape index (κ2) is 9.59. The van der Waals surface area contributed by atoms with Crippen LogP contribution in [0.2, 0.25) is 0 Å². The van der Waals surface area contributed by atoms with E-state index in [1.165, 1.54) is 23.3 Å². The Morgan fingerprint density at radius 1 is 0.946 bits per heavy atom. The molecule has 5 rings (SSSR count). The Balaban J connectivity index is 1.72. The van der Waals surface area contributed by atoms with E-state index < -0.39 is 17.7 Å². The number of nitrogens with zero attached hydrogens (tertiary/aromatic N) is 2. The van der Waals surface area contributed by atoms with Crippen molar-refractivity contribution in [1.29, 1.82) is 0 Å². The van der Waals surface area contributed by atoms with Gasteiger partial charge in [-0.05, 0) is 66.6 Å². The molecule has 0 unspecified atom stereocenters. The summed E-state index contributed by atoms with van der Waals surface area (Å²) in [6.07, 6.45) is 0. The number of fused-ring (bicyclic) bond motifs is 1. The molecule has 1 amide bonds. The first-order valence-corrected chi connectivity index (χ1v) is 12.2. The number of hydrogen-bond acceptors (Lipinski definition) is 8. The maximum Gasteiger partial charge on any atom is 0.301 e. The Hall–Kier alpha value is -4.37. The predicted octanol–water partition coefficient (Wildman–Crippen LogP) is 5.26. The second-order valence-electron chi connectivity index (χ2n) is 8.46. The Labute approximate surface area is 217 Å². The Kier molecular flexibility index (Phi) is 6.31. The maximum absolute atomic E-state index is 13.5. The number of methoxy groups -OCH3 is 3. The Bertz CT molecular complexity index is 1570. The molecular formula is C28H24N2O6S. The molecular weight excluding hydrogens is 492 g/mol. The van der Waals surface area contributed by atoms with E-state index in [0.717, 1.165) is 10.3 Å². The van der Waals surface area contributed by atoms with Crippen LogP contribution in [0.1, 0.15) is 22.7 Å². The number of thiazole rings is 1. The van der Waals surface area contributed by atoms with E-state index in [4.69, 9.17) is 14.2 Å². The number of carbonyl (C=O) groups is 2. The molecule has 0 spiro atoms. The fourth-order valence-corrected chi connectivity index (χ4v) is 5.48. The van der Waals surface area contributed by atoms with Crippen LogP contribution in [0.3, 0.4) is 0 Å². The van der Waals surface area contributed by atoms with E-state index in [0.29, 0.717) is 39.0 Å². The van der Waals surface area contributed by atoms with Gasteiger partial charge in [-0.25, -0.2) is 4.98 Å². The summed E-state index contributed by atoms with van der Waals surface area (Å²) in [5, 5.41) is 11.7. The molecule has 4 aromatic rings. The first-order chi connectivity index (χ1) is 17.9. The van der Waals surface area contributed by atoms with Crippen LogP contribution in [0.4, 0.5) is 5.13 Å². The minimum atomic E-state index is -0.917. The van der Waals surface area contributed by atoms with Crippen molar-refractivity contribution in [2.45, 2.75) is 13.0 Å². The summed E-state index contributed by atoms with van der Waals surface area (Å²) in [5.74, 6) is 0.0103. The van der Waals surface area contributed by atoms with Crippen molar-refractivity contribution in [3.8, 4) is 17.2 Å².